The van der Waals surface area contributed by atoms with Crippen molar-refractivity contribution in [2.75, 3.05) is 40.4 Å². The van der Waals surface area contributed by atoms with Crippen LogP contribution in [0.5, 0.6) is 0 Å². The lowest BCUT2D eigenvalue weighted by molar-refractivity contribution is -0.129. The lowest BCUT2D eigenvalue weighted by Crippen LogP contribution is -2.40. The van der Waals surface area contributed by atoms with Crippen molar-refractivity contribution in [3.63, 3.8) is 0 Å². The molecule has 15 heavy (non-hydrogen) atoms. The molecule has 0 atom stereocenters. The van der Waals surface area contributed by atoms with Crippen molar-refractivity contribution in [1.82, 2.24) is 10.2 Å². The summed E-state index contributed by atoms with van der Waals surface area (Å²) < 4.78 is 4.89. The van der Waals surface area contributed by atoms with Gasteiger partial charge in [-0.2, -0.15) is 0 Å². The highest BCUT2D eigenvalue weighted by atomic mass is 16.5. The fraction of sp³-hybridized carbons (Fsp3) is 0.909. The Morgan fingerprint density at radius 1 is 1.53 bits per heavy atom. The predicted octanol–water partition coefficient (Wildman–Crippen LogP) is 0.481. The van der Waals surface area contributed by atoms with Crippen LogP contribution in [0, 0.1) is 5.92 Å². The highest BCUT2D eigenvalue weighted by Gasteiger charge is 2.20. The number of rotatable bonds is 7. The zero-order valence-electron chi connectivity index (χ0n) is 9.79. The van der Waals surface area contributed by atoms with Gasteiger partial charge in [0.1, 0.15) is 0 Å². The maximum absolute atomic E-state index is 11.6. The SMILES string of the molecule is COCCNCC(=O)N(C)CC1CCC1. The van der Waals surface area contributed by atoms with Crippen LogP contribution in [0.25, 0.3) is 0 Å². The summed E-state index contributed by atoms with van der Waals surface area (Å²) in [6.07, 6.45) is 3.90. The smallest absolute Gasteiger partial charge is 0.236 e. The van der Waals surface area contributed by atoms with E-state index < -0.39 is 0 Å². The largest absolute Gasteiger partial charge is 0.383 e. The highest BCUT2D eigenvalue weighted by Crippen LogP contribution is 2.26. The summed E-state index contributed by atoms with van der Waals surface area (Å²) in [6, 6.07) is 0. The molecule has 1 saturated carbocycles. The zero-order chi connectivity index (χ0) is 11.1. The Balaban J connectivity index is 2.04. The molecule has 0 aliphatic heterocycles. The van der Waals surface area contributed by atoms with E-state index in [1.807, 2.05) is 11.9 Å². The van der Waals surface area contributed by atoms with Gasteiger partial charge < -0.3 is 15.0 Å². The van der Waals surface area contributed by atoms with Crippen molar-refractivity contribution >= 4 is 5.91 Å². The Bertz CT molecular complexity index is 193. The summed E-state index contributed by atoms with van der Waals surface area (Å²) in [5.41, 5.74) is 0. The lowest BCUT2D eigenvalue weighted by atomic mass is 9.85. The maximum atomic E-state index is 11.6. The van der Waals surface area contributed by atoms with Crippen LogP contribution < -0.4 is 5.32 Å². The van der Waals surface area contributed by atoms with Crippen LogP contribution in [0.15, 0.2) is 0 Å². The van der Waals surface area contributed by atoms with Crippen LogP contribution in [0.2, 0.25) is 0 Å². The Kier molecular flexibility index (Phi) is 5.65. The Morgan fingerprint density at radius 2 is 2.27 bits per heavy atom. The quantitative estimate of drug-likeness (QED) is 0.627. The molecular formula is C11H22N2O2. The lowest BCUT2D eigenvalue weighted by Gasteiger charge is -2.30. The van der Waals surface area contributed by atoms with Gasteiger partial charge in [0.05, 0.1) is 13.2 Å². The molecule has 1 amide bonds. The average Bonchev–Trinajstić information content (AvgIpc) is 2.17. The third-order valence-electron chi connectivity index (χ3n) is 2.94. The molecule has 4 nitrogen and oxygen atoms in total. The van der Waals surface area contributed by atoms with Crippen molar-refractivity contribution in [1.29, 1.82) is 0 Å². The van der Waals surface area contributed by atoms with Gasteiger partial charge in [-0.1, -0.05) is 6.42 Å². The Labute approximate surface area is 92.0 Å². The molecule has 4 heteroatoms. The highest BCUT2D eigenvalue weighted by molar-refractivity contribution is 5.77. The standard InChI is InChI=1S/C11H22N2O2/c1-13(9-10-4-3-5-10)11(14)8-12-6-7-15-2/h10,12H,3-9H2,1-2H3. The van der Waals surface area contributed by atoms with Crippen LogP contribution >= 0.6 is 0 Å². The molecule has 1 aliphatic rings. The molecule has 0 radical (unpaired) electrons. The topological polar surface area (TPSA) is 41.6 Å². The van der Waals surface area contributed by atoms with Crippen LogP contribution in [-0.4, -0.2) is 51.2 Å². The van der Waals surface area contributed by atoms with Gasteiger partial charge in [-0.25, -0.2) is 0 Å². The first-order chi connectivity index (χ1) is 7.24. The van der Waals surface area contributed by atoms with E-state index in [0.717, 1.165) is 19.0 Å². The average molecular weight is 214 g/mol. The summed E-state index contributed by atoms with van der Waals surface area (Å²) in [4.78, 5) is 13.4. The molecule has 0 spiro atoms. The number of nitrogens with one attached hydrogen (secondary N) is 1. The normalized spacial score (nSPS) is 16.1. The van der Waals surface area contributed by atoms with Gasteiger partial charge in [-0.05, 0) is 18.8 Å². The number of ether oxygens (including phenoxy) is 1. The third kappa shape index (κ3) is 4.62. The number of methoxy groups -OCH3 is 1. The minimum absolute atomic E-state index is 0.179. The molecule has 1 N–H and O–H groups in total. The summed E-state index contributed by atoms with van der Waals surface area (Å²) in [5, 5.41) is 3.06. The van der Waals surface area contributed by atoms with Gasteiger partial charge in [0, 0.05) is 27.2 Å². The number of carbonyl (C=O) groups excluding carboxylic acids is 1. The number of carbonyl (C=O) groups is 1. The molecule has 0 aromatic heterocycles. The van der Waals surface area contributed by atoms with E-state index in [2.05, 4.69) is 5.32 Å². The number of amides is 1. The third-order valence-corrected chi connectivity index (χ3v) is 2.94. The van der Waals surface area contributed by atoms with E-state index in [1.54, 1.807) is 7.11 Å². The van der Waals surface area contributed by atoms with Gasteiger partial charge >= 0.3 is 0 Å². The van der Waals surface area contributed by atoms with Gasteiger partial charge in [0.15, 0.2) is 0 Å². The van der Waals surface area contributed by atoms with Gasteiger partial charge in [0.2, 0.25) is 5.91 Å². The summed E-state index contributed by atoms with van der Waals surface area (Å²) in [5.74, 6) is 0.927. The maximum Gasteiger partial charge on any atom is 0.236 e. The van der Waals surface area contributed by atoms with Crippen molar-refractivity contribution in [2.45, 2.75) is 19.3 Å². The molecule has 0 bridgehead atoms. The van der Waals surface area contributed by atoms with Gasteiger partial charge in [-0.3, -0.25) is 4.79 Å². The molecule has 1 fully saturated rings. The zero-order valence-corrected chi connectivity index (χ0v) is 9.79. The minimum atomic E-state index is 0.179. The molecule has 88 valence electrons. The molecule has 1 aliphatic carbocycles. The van der Waals surface area contributed by atoms with Gasteiger partial charge in [0.25, 0.3) is 0 Å². The number of likely N-dealkylation sites (N-methyl/N-ethyl adjacent to an activating group) is 1. The molecule has 0 aromatic carbocycles. The summed E-state index contributed by atoms with van der Waals surface area (Å²) in [7, 11) is 3.55. The molecular weight excluding hydrogens is 192 g/mol. The van der Waals surface area contributed by atoms with Crippen LogP contribution in [-0.2, 0) is 9.53 Å². The predicted molar refractivity (Wildman–Crippen MR) is 59.7 cm³/mol. The van der Waals surface area contributed by atoms with Crippen LogP contribution in [0.3, 0.4) is 0 Å². The van der Waals surface area contributed by atoms with E-state index in [1.165, 1.54) is 19.3 Å². The number of hydrogen-bond donors (Lipinski definition) is 1. The summed E-state index contributed by atoms with van der Waals surface area (Å²) in [6.45, 7) is 2.73. The molecule has 0 saturated heterocycles. The van der Waals surface area contributed by atoms with Crippen molar-refractivity contribution in [3.05, 3.63) is 0 Å². The van der Waals surface area contributed by atoms with E-state index in [0.29, 0.717) is 13.2 Å². The second-order valence-electron chi connectivity index (χ2n) is 4.24. The van der Waals surface area contributed by atoms with Crippen molar-refractivity contribution in [2.24, 2.45) is 5.92 Å². The molecule has 0 unspecified atom stereocenters. The molecule has 0 aromatic rings. The first-order valence-corrected chi connectivity index (χ1v) is 5.67. The van der Waals surface area contributed by atoms with Crippen LogP contribution in [0.1, 0.15) is 19.3 Å². The molecule has 0 heterocycles. The second-order valence-corrected chi connectivity index (χ2v) is 4.24. The fourth-order valence-corrected chi connectivity index (χ4v) is 1.67. The van der Waals surface area contributed by atoms with Crippen molar-refractivity contribution in [3.8, 4) is 0 Å². The second kappa shape index (κ2) is 6.80. The first kappa shape index (κ1) is 12.5. The van der Waals surface area contributed by atoms with Crippen LogP contribution in [0.4, 0.5) is 0 Å². The Hall–Kier alpha value is -0.610. The molecule has 1 rings (SSSR count). The van der Waals surface area contributed by atoms with Crippen molar-refractivity contribution < 1.29 is 9.53 Å². The Morgan fingerprint density at radius 3 is 2.80 bits per heavy atom. The van der Waals surface area contributed by atoms with E-state index >= 15 is 0 Å². The monoisotopic (exact) mass is 214 g/mol. The minimum Gasteiger partial charge on any atom is -0.383 e. The summed E-state index contributed by atoms with van der Waals surface area (Å²) >= 11 is 0. The van der Waals surface area contributed by atoms with E-state index in [9.17, 15) is 4.79 Å². The number of hydrogen-bond acceptors (Lipinski definition) is 3. The first-order valence-electron chi connectivity index (χ1n) is 5.67. The van der Waals surface area contributed by atoms with E-state index in [4.69, 9.17) is 4.74 Å². The fourth-order valence-electron chi connectivity index (χ4n) is 1.67. The van der Waals surface area contributed by atoms with Gasteiger partial charge in [-0.15, -0.1) is 0 Å². The number of nitrogens with zero attached hydrogens (tertiary/aromatic N) is 1. The van der Waals surface area contributed by atoms with E-state index in [-0.39, 0.29) is 5.91 Å².